The molecular formula is C15H9Br3O2S. The highest BCUT2D eigenvalue weighted by Crippen LogP contribution is 2.46. The predicted octanol–water partition coefficient (Wildman–Crippen LogP) is 5.56. The van der Waals surface area contributed by atoms with Crippen LogP contribution in [-0.4, -0.2) is 9.89 Å². The third-order valence-electron chi connectivity index (χ3n) is 3.30. The molecule has 0 bridgehead atoms. The lowest BCUT2D eigenvalue weighted by molar-refractivity contribution is 0.600. The Morgan fingerprint density at radius 1 is 0.762 bits per heavy atom. The van der Waals surface area contributed by atoms with Gasteiger partial charge in [0.25, 0.3) is 0 Å². The van der Waals surface area contributed by atoms with Crippen molar-refractivity contribution in [3.8, 4) is 0 Å². The second-order valence-corrected chi connectivity index (χ2v) is 15.0. The number of rotatable bonds is 1. The molecule has 0 amide bonds. The highest BCUT2D eigenvalue weighted by atomic mass is 80.0. The molecule has 0 aromatic heterocycles. The average Bonchev–Trinajstić information content (AvgIpc) is 2.43. The van der Waals surface area contributed by atoms with E-state index in [1.54, 1.807) is 0 Å². The smallest absolute Gasteiger partial charge is 0.220 e. The molecule has 6 heteroatoms. The van der Waals surface area contributed by atoms with E-state index in [-0.39, 0.29) is 0 Å². The fourth-order valence-corrected chi connectivity index (χ4v) is 5.02. The largest absolute Gasteiger partial charge is 0.239 e. The Morgan fingerprint density at radius 3 is 1.62 bits per heavy atom. The van der Waals surface area contributed by atoms with E-state index in [4.69, 9.17) is 0 Å². The van der Waals surface area contributed by atoms with Crippen LogP contribution in [-0.2, 0) is 9.84 Å². The van der Waals surface area contributed by atoms with E-state index >= 15 is 0 Å². The summed E-state index contributed by atoms with van der Waals surface area (Å²) in [5.41, 5.74) is 0. The van der Waals surface area contributed by atoms with Gasteiger partial charge in [0.05, 0.1) is 4.90 Å². The first kappa shape index (κ1) is 15.5. The van der Waals surface area contributed by atoms with Crippen molar-refractivity contribution >= 4 is 79.2 Å². The van der Waals surface area contributed by atoms with Gasteiger partial charge in [0.1, 0.15) is 0 Å². The molecule has 0 aliphatic carbocycles. The molecule has 108 valence electrons. The van der Waals surface area contributed by atoms with Crippen molar-refractivity contribution in [2.45, 2.75) is 6.37 Å². The zero-order valence-corrected chi connectivity index (χ0v) is 16.1. The summed E-state index contributed by atoms with van der Waals surface area (Å²) in [4.78, 5) is 0.307. The summed E-state index contributed by atoms with van der Waals surface area (Å²) >= 11 is 9.46. The first-order valence-corrected chi connectivity index (χ1v) is 9.90. The Bertz CT molecular complexity index is 890. The van der Waals surface area contributed by atoms with Gasteiger partial charge in [0.2, 0.25) is 11.3 Å². The molecule has 0 unspecified atom stereocenters. The van der Waals surface area contributed by atoms with Gasteiger partial charge in [-0.3, -0.25) is 0 Å². The highest BCUT2D eigenvalue weighted by molar-refractivity contribution is 9.42. The van der Waals surface area contributed by atoms with Gasteiger partial charge in [0, 0.05) is 10.8 Å². The van der Waals surface area contributed by atoms with Crippen molar-refractivity contribution < 1.29 is 8.42 Å². The topological polar surface area (TPSA) is 34.1 Å². The lowest BCUT2D eigenvalue weighted by Crippen LogP contribution is -2.18. The Labute approximate surface area is 147 Å². The van der Waals surface area contributed by atoms with Crippen molar-refractivity contribution in [1.82, 2.24) is 0 Å². The minimum Gasteiger partial charge on any atom is -0.220 e. The fraction of sp³-hybridized carbons (Fsp3) is 0.0667. The third kappa shape index (κ3) is 2.56. The van der Waals surface area contributed by atoms with Crippen LogP contribution in [0.3, 0.4) is 0 Å². The molecule has 3 aromatic rings. The zero-order valence-electron chi connectivity index (χ0n) is 10.6. The number of fused-ring (bicyclic) bond motifs is 2. The molecule has 0 saturated carbocycles. The second kappa shape index (κ2) is 5.33. The van der Waals surface area contributed by atoms with Crippen LogP contribution in [0.5, 0.6) is 0 Å². The number of benzene rings is 3. The summed E-state index contributed by atoms with van der Waals surface area (Å²) < 4.78 is 24.5. The number of sulfone groups is 1. The number of hydrogen-bond acceptors (Lipinski definition) is 2. The minimum absolute atomic E-state index is 0.307. The molecule has 0 heterocycles. The van der Waals surface area contributed by atoms with Crippen LogP contribution < -0.4 is 0 Å². The minimum atomic E-state index is -3.68. The maximum Gasteiger partial charge on any atom is 0.239 e. The number of alkyl halides is 3. The summed E-state index contributed by atoms with van der Waals surface area (Å²) in [6.45, 7) is 0. The van der Waals surface area contributed by atoms with Gasteiger partial charge in [-0.15, -0.1) is 0 Å². The molecule has 3 rings (SSSR count). The molecule has 0 aliphatic rings. The van der Waals surface area contributed by atoms with Crippen molar-refractivity contribution in [2.75, 3.05) is 0 Å². The Kier molecular flexibility index (Phi) is 3.93. The van der Waals surface area contributed by atoms with Crippen molar-refractivity contribution in [2.24, 2.45) is 0 Å². The molecule has 2 nitrogen and oxygen atoms in total. The summed E-state index contributed by atoms with van der Waals surface area (Å²) in [6.07, 6.45) is 0. The maximum atomic E-state index is 12.9. The van der Waals surface area contributed by atoms with E-state index in [0.29, 0.717) is 15.7 Å². The van der Waals surface area contributed by atoms with Gasteiger partial charge >= 0.3 is 0 Å². The van der Waals surface area contributed by atoms with Crippen molar-refractivity contribution in [3.63, 3.8) is 0 Å². The maximum absolute atomic E-state index is 12.9. The summed E-state index contributed by atoms with van der Waals surface area (Å²) in [5.74, 6) is 0. The van der Waals surface area contributed by atoms with Gasteiger partial charge in [0.15, 0.2) is 0 Å². The predicted molar refractivity (Wildman–Crippen MR) is 98.2 cm³/mol. The van der Waals surface area contributed by atoms with E-state index in [1.807, 2.05) is 54.6 Å². The summed E-state index contributed by atoms with van der Waals surface area (Å²) in [5, 5.41) is 3.20. The molecule has 21 heavy (non-hydrogen) atoms. The van der Waals surface area contributed by atoms with E-state index in [2.05, 4.69) is 47.8 Å². The molecular weight excluding hydrogens is 484 g/mol. The van der Waals surface area contributed by atoms with Gasteiger partial charge in [-0.25, -0.2) is 8.42 Å². The first-order valence-electron chi connectivity index (χ1n) is 6.04. The summed E-state index contributed by atoms with van der Waals surface area (Å²) in [6, 6.07) is 17.0. The van der Waals surface area contributed by atoms with Gasteiger partial charge < -0.3 is 0 Å². The number of halogens is 3. The molecule has 0 aliphatic heterocycles. The standard InChI is InChI=1S/C15H9Br3O2S/c16-15(17,18)21(19,20)14-12-7-3-1-5-10(12)9-11-6-2-4-8-13(11)14/h1-9H. The Morgan fingerprint density at radius 2 is 1.19 bits per heavy atom. The zero-order chi connectivity index (χ0) is 15.3. The van der Waals surface area contributed by atoms with Crippen molar-refractivity contribution in [3.05, 3.63) is 54.6 Å². The molecule has 0 saturated heterocycles. The van der Waals surface area contributed by atoms with E-state index in [0.717, 1.165) is 10.8 Å². The van der Waals surface area contributed by atoms with E-state index in [1.165, 1.54) is 0 Å². The normalized spacial score (nSPS) is 12.9. The third-order valence-corrected chi connectivity index (χ3v) is 8.72. The van der Waals surface area contributed by atoms with Crippen LogP contribution in [0.1, 0.15) is 0 Å². The van der Waals surface area contributed by atoms with E-state index in [9.17, 15) is 8.42 Å². The number of hydrogen-bond donors (Lipinski definition) is 0. The lowest BCUT2D eigenvalue weighted by atomic mass is 10.0. The lowest BCUT2D eigenvalue weighted by Gasteiger charge is -2.17. The summed E-state index contributed by atoms with van der Waals surface area (Å²) in [7, 11) is -3.68. The fourth-order valence-electron chi connectivity index (χ4n) is 2.38. The van der Waals surface area contributed by atoms with Crippen molar-refractivity contribution in [1.29, 1.82) is 0 Å². The average molecular weight is 493 g/mol. The molecule has 0 atom stereocenters. The molecule has 0 fully saturated rings. The van der Waals surface area contributed by atoms with Crippen LogP contribution in [0.4, 0.5) is 0 Å². The molecule has 0 radical (unpaired) electrons. The molecule has 0 N–H and O–H groups in total. The monoisotopic (exact) mass is 490 g/mol. The highest BCUT2D eigenvalue weighted by Gasteiger charge is 2.39. The van der Waals surface area contributed by atoms with Crippen LogP contribution in [0.25, 0.3) is 21.5 Å². The van der Waals surface area contributed by atoms with Crippen LogP contribution >= 0.6 is 47.8 Å². The Hall–Kier alpha value is -0.430. The Balaban J connectivity index is 2.59. The van der Waals surface area contributed by atoms with E-state index < -0.39 is 11.3 Å². The van der Waals surface area contributed by atoms with Gasteiger partial charge in [-0.05, 0) is 64.6 Å². The molecule has 3 aromatic carbocycles. The second-order valence-electron chi connectivity index (χ2n) is 4.60. The van der Waals surface area contributed by atoms with Gasteiger partial charge in [-0.1, -0.05) is 48.5 Å². The first-order chi connectivity index (χ1) is 9.82. The van der Waals surface area contributed by atoms with Gasteiger partial charge in [-0.2, -0.15) is 0 Å². The quantitative estimate of drug-likeness (QED) is 0.329. The SMILES string of the molecule is O=S(=O)(c1c2ccccc2cc2ccccc12)C(Br)(Br)Br. The van der Waals surface area contributed by atoms with Crippen LogP contribution in [0.2, 0.25) is 0 Å². The molecule has 0 spiro atoms. The van der Waals surface area contributed by atoms with Crippen LogP contribution in [0.15, 0.2) is 59.5 Å². The van der Waals surface area contributed by atoms with Crippen LogP contribution in [0, 0.1) is 0 Å².